The van der Waals surface area contributed by atoms with Crippen molar-refractivity contribution < 1.29 is 39.3 Å². The standard InChI is InChI=1S/2C10H6N2O2.Zn/c2*13-6-12-8-3-4-9(14)10-7(8)2-1-5-11-10;/h2*1-5,14H;. The fraction of sp³-hybridized carbons (Fsp3) is 0. The predicted octanol–water partition coefficient (Wildman–Crippen LogP) is 3.81. The molecule has 0 aliphatic carbocycles. The smallest absolute Gasteiger partial charge is 0.240 e. The minimum Gasteiger partial charge on any atom is -0.506 e. The first-order chi connectivity index (χ1) is 13.7. The number of rotatable bonds is 2. The molecule has 0 bridgehead atoms. The van der Waals surface area contributed by atoms with Gasteiger partial charge in [0.1, 0.15) is 22.5 Å². The molecule has 29 heavy (non-hydrogen) atoms. The zero-order chi connectivity index (χ0) is 19.9. The van der Waals surface area contributed by atoms with Gasteiger partial charge >= 0.3 is 0 Å². The van der Waals surface area contributed by atoms with Gasteiger partial charge in [-0.2, -0.15) is 9.98 Å². The minimum absolute atomic E-state index is 0. The summed E-state index contributed by atoms with van der Waals surface area (Å²) >= 11 is 0. The molecule has 2 aromatic heterocycles. The van der Waals surface area contributed by atoms with E-state index in [2.05, 4.69) is 20.0 Å². The normalized spacial score (nSPS) is 9.38. The monoisotopic (exact) mass is 436 g/mol. The van der Waals surface area contributed by atoms with Gasteiger partial charge < -0.3 is 10.2 Å². The number of hydrogen-bond acceptors (Lipinski definition) is 8. The van der Waals surface area contributed by atoms with E-state index in [0.717, 1.165) is 0 Å². The van der Waals surface area contributed by atoms with Crippen molar-refractivity contribution in [2.24, 2.45) is 9.98 Å². The van der Waals surface area contributed by atoms with Crippen molar-refractivity contribution in [2.45, 2.75) is 0 Å². The van der Waals surface area contributed by atoms with Crippen LogP contribution in [-0.2, 0) is 29.1 Å². The molecule has 2 heterocycles. The van der Waals surface area contributed by atoms with E-state index in [0.29, 0.717) is 33.2 Å². The van der Waals surface area contributed by atoms with Crippen LogP contribution in [-0.4, -0.2) is 32.3 Å². The van der Waals surface area contributed by atoms with Gasteiger partial charge in [-0.15, -0.1) is 0 Å². The van der Waals surface area contributed by atoms with Crippen molar-refractivity contribution in [3.63, 3.8) is 0 Å². The van der Waals surface area contributed by atoms with Crippen LogP contribution in [0.1, 0.15) is 0 Å². The minimum atomic E-state index is 0. The predicted molar refractivity (Wildman–Crippen MR) is 102 cm³/mol. The summed E-state index contributed by atoms with van der Waals surface area (Å²) in [7, 11) is 0. The molecule has 2 aromatic carbocycles. The maximum atomic E-state index is 10.1. The quantitative estimate of drug-likeness (QED) is 0.279. The van der Waals surface area contributed by atoms with Crippen molar-refractivity contribution in [3.05, 3.63) is 60.9 Å². The molecular weight excluding hydrogens is 426 g/mol. The van der Waals surface area contributed by atoms with Gasteiger partial charge in [0, 0.05) is 42.6 Å². The molecule has 0 saturated carbocycles. The van der Waals surface area contributed by atoms with Crippen LogP contribution in [0.15, 0.2) is 70.9 Å². The molecule has 0 atom stereocenters. The number of aromatic nitrogens is 2. The Balaban J connectivity index is 0.000000200. The molecule has 9 heteroatoms. The number of phenolic OH excluding ortho intramolecular Hbond substituents is 2. The Morgan fingerprint density at radius 2 is 1.10 bits per heavy atom. The van der Waals surface area contributed by atoms with E-state index in [1.807, 2.05) is 0 Å². The van der Waals surface area contributed by atoms with E-state index >= 15 is 0 Å². The number of aliphatic imine (C=N–C) groups is 2. The number of phenols is 2. The van der Waals surface area contributed by atoms with Crippen LogP contribution in [0.5, 0.6) is 11.5 Å². The first kappa shape index (κ1) is 21.5. The van der Waals surface area contributed by atoms with Gasteiger partial charge in [0.15, 0.2) is 0 Å². The summed E-state index contributed by atoms with van der Waals surface area (Å²) in [5, 5.41) is 20.2. The van der Waals surface area contributed by atoms with Crippen LogP contribution in [0.25, 0.3) is 21.8 Å². The number of carbonyl (C=O) groups excluding carboxylic acids is 2. The summed E-state index contributed by atoms with van der Waals surface area (Å²) in [5.41, 5.74) is 1.79. The third-order valence-corrected chi connectivity index (χ3v) is 3.78. The zero-order valence-electron chi connectivity index (χ0n) is 15.0. The number of nitrogens with zero attached hydrogens (tertiary/aromatic N) is 4. The Labute approximate surface area is 177 Å². The fourth-order valence-electron chi connectivity index (χ4n) is 2.58. The molecule has 0 spiro atoms. The van der Waals surface area contributed by atoms with Crippen molar-refractivity contribution in [1.82, 2.24) is 9.97 Å². The van der Waals surface area contributed by atoms with Crippen molar-refractivity contribution >= 4 is 45.3 Å². The van der Waals surface area contributed by atoms with Crippen LogP contribution >= 0.6 is 0 Å². The second-order valence-corrected chi connectivity index (χ2v) is 5.41. The van der Waals surface area contributed by atoms with Gasteiger partial charge in [-0.25, -0.2) is 9.59 Å². The molecule has 4 rings (SSSR count). The van der Waals surface area contributed by atoms with Crippen molar-refractivity contribution in [2.75, 3.05) is 0 Å². The van der Waals surface area contributed by atoms with Gasteiger partial charge in [-0.3, -0.25) is 9.97 Å². The number of fused-ring (bicyclic) bond motifs is 2. The zero-order valence-corrected chi connectivity index (χ0v) is 17.9. The van der Waals surface area contributed by atoms with E-state index in [1.54, 1.807) is 48.8 Å². The molecule has 4 aromatic rings. The number of aromatic hydroxyl groups is 2. The summed E-state index contributed by atoms with van der Waals surface area (Å²) in [6.45, 7) is 0. The topological polar surface area (TPSA) is 125 Å². The summed E-state index contributed by atoms with van der Waals surface area (Å²) in [6, 6.07) is 12.9. The van der Waals surface area contributed by atoms with Gasteiger partial charge in [0.25, 0.3) is 0 Å². The van der Waals surface area contributed by atoms with Crippen molar-refractivity contribution in [1.29, 1.82) is 0 Å². The molecule has 2 N–H and O–H groups in total. The molecule has 0 saturated heterocycles. The van der Waals surface area contributed by atoms with Crippen molar-refractivity contribution in [3.8, 4) is 11.5 Å². The maximum Gasteiger partial charge on any atom is 0.240 e. The number of isocyanates is 2. The first-order valence-electron chi connectivity index (χ1n) is 7.95. The third-order valence-electron chi connectivity index (χ3n) is 3.78. The van der Waals surface area contributed by atoms with E-state index < -0.39 is 0 Å². The van der Waals surface area contributed by atoms with E-state index in [1.165, 1.54) is 24.3 Å². The Morgan fingerprint density at radius 3 is 1.48 bits per heavy atom. The molecular formula is C20H12N4O4Zn. The van der Waals surface area contributed by atoms with Gasteiger partial charge in [0.2, 0.25) is 12.2 Å². The summed E-state index contributed by atoms with van der Waals surface area (Å²) < 4.78 is 0. The molecule has 0 aliphatic rings. The van der Waals surface area contributed by atoms with Crippen LogP contribution in [0, 0.1) is 0 Å². The Bertz CT molecular complexity index is 1170. The van der Waals surface area contributed by atoms with E-state index in [-0.39, 0.29) is 31.0 Å². The second kappa shape index (κ2) is 9.97. The largest absolute Gasteiger partial charge is 0.506 e. The molecule has 0 unspecified atom stereocenters. The van der Waals surface area contributed by atoms with Gasteiger partial charge in [-0.05, 0) is 48.5 Å². The van der Waals surface area contributed by atoms with E-state index in [9.17, 15) is 19.8 Å². The molecule has 0 amide bonds. The molecule has 0 fully saturated rings. The first-order valence-corrected chi connectivity index (χ1v) is 7.95. The summed E-state index contributed by atoms with van der Waals surface area (Å²) in [6.07, 6.45) is 6.05. The Kier molecular flexibility index (Phi) is 7.41. The van der Waals surface area contributed by atoms with Gasteiger partial charge in [-0.1, -0.05) is 0 Å². The molecule has 8 nitrogen and oxygen atoms in total. The van der Waals surface area contributed by atoms with Gasteiger partial charge in [0.05, 0.1) is 11.4 Å². The SMILES string of the molecule is O=C=Nc1ccc(O)c2ncccc12.O=C=Nc1ccc(O)c2ncccc12.[Zn]. The number of benzene rings is 2. The second-order valence-electron chi connectivity index (χ2n) is 5.41. The maximum absolute atomic E-state index is 10.1. The van der Waals surface area contributed by atoms with Crippen LogP contribution < -0.4 is 0 Å². The fourth-order valence-corrected chi connectivity index (χ4v) is 2.58. The Hall–Kier alpha value is -3.76. The molecule has 0 radical (unpaired) electrons. The average molecular weight is 438 g/mol. The summed E-state index contributed by atoms with van der Waals surface area (Å²) in [4.78, 5) is 35.3. The average Bonchev–Trinajstić information content (AvgIpc) is 2.73. The third kappa shape index (κ3) is 4.75. The number of pyridine rings is 2. The summed E-state index contributed by atoms with van der Waals surface area (Å²) in [5.74, 6) is 0.149. The molecule has 0 aliphatic heterocycles. The van der Waals surface area contributed by atoms with E-state index in [4.69, 9.17) is 0 Å². The van der Waals surface area contributed by atoms with Crippen LogP contribution in [0.2, 0.25) is 0 Å². The van der Waals surface area contributed by atoms with Crippen LogP contribution in [0.4, 0.5) is 11.4 Å². The van der Waals surface area contributed by atoms with Crippen LogP contribution in [0.3, 0.4) is 0 Å². The molecule has 138 valence electrons. The number of hydrogen-bond donors (Lipinski definition) is 2. The Morgan fingerprint density at radius 1 is 0.690 bits per heavy atom.